The Labute approximate surface area is 299 Å². The third-order valence-corrected chi connectivity index (χ3v) is 8.28. The zero-order valence-corrected chi connectivity index (χ0v) is 28.8. The summed E-state index contributed by atoms with van der Waals surface area (Å²) < 4.78 is 0. The summed E-state index contributed by atoms with van der Waals surface area (Å²) in [5, 5.41) is 34.2. The van der Waals surface area contributed by atoms with E-state index in [1.807, 2.05) is 97.1 Å². The van der Waals surface area contributed by atoms with Gasteiger partial charge >= 0.3 is 18.2 Å². The molecule has 0 aliphatic rings. The molecule has 0 fully saturated rings. The molecule has 0 spiro atoms. The lowest BCUT2D eigenvalue weighted by atomic mass is 9.89. The van der Waals surface area contributed by atoms with Crippen LogP contribution in [0.2, 0.25) is 0 Å². The average Bonchev–Trinajstić information content (AvgIpc) is 3.10. The van der Waals surface area contributed by atoms with Gasteiger partial charge in [0.1, 0.15) is 0 Å². The van der Waals surface area contributed by atoms with Gasteiger partial charge in [-0.15, -0.1) is 0 Å². The highest BCUT2D eigenvalue weighted by atomic mass is 16.4. The van der Waals surface area contributed by atoms with Crippen LogP contribution in [0.5, 0.6) is 0 Å². The Morgan fingerprint density at radius 3 is 1.25 bits per heavy atom. The second-order valence-electron chi connectivity index (χ2n) is 12.6. The van der Waals surface area contributed by atoms with E-state index < -0.39 is 24.2 Å². The fraction of sp³-hybridized carbons (Fsp3) is 0.317. The third-order valence-electron chi connectivity index (χ3n) is 8.28. The van der Waals surface area contributed by atoms with Crippen LogP contribution in [-0.2, 0) is 35.3 Å². The molecule has 0 unspecified atom stereocenters. The van der Waals surface area contributed by atoms with Crippen molar-refractivity contribution in [3.05, 3.63) is 144 Å². The Hall–Kier alpha value is -5.64. The second-order valence-corrected chi connectivity index (χ2v) is 12.6. The van der Waals surface area contributed by atoms with Crippen molar-refractivity contribution in [1.29, 1.82) is 0 Å². The smallest absolute Gasteiger partial charge is 0.404 e. The lowest BCUT2D eigenvalue weighted by Gasteiger charge is -2.20. The minimum atomic E-state index is -1.18. The van der Waals surface area contributed by atoms with Gasteiger partial charge in [0.2, 0.25) is 5.91 Å². The van der Waals surface area contributed by atoms with Crippen LogP contribution in [0.15, 0.2) is 121 Å². The van der Waals surface area contributed by atoms with E-state index in [0.29, 0.717) is 19.3 Å². The highest BCUT2D eigenvalue weighted by Crippen LogP contribution is 2.19. The maximum Gasteiger partial charge on any atom is 0.404 e. The van der Waals surface area contributed by atoms with Crippen LogP contribution in [0.25, 0.3) is 0 Å². The molecule has 0 heterocycles. The molecule has 0 saturated heterocycles. The number of carbonyl (C=O) groups excluding carboxylic acids is 1. The quantitative estimate of drug-likeness (QED) is 0.0585. The summed E-state index contributed by atoms with van der Waals surface area (Å²) in [6.07, 6.45) is 2.24. The maximum atomic E-state index is 12.7. The van der Waals surface area contributed by atoms with Crippen LogP contribution >= 0.6 is 0 Å². The average molecular weight is 696 g/mol. The Bertz CT molecular complexity index is 1510. The summed E-state index contributed by atoms with van der Waals surface area (Å²) in [5.74, 6) is -0.618. The predicted molar refractivity (Wildman–Crippen MR) is 198 cm³/mol. The fourth-order valence-electron chi connectivity index (χ4n) is 5.98. The van der Waals surface area contributed by atoms with E-state index in [1.165, 1.54) is 11.1 Å². The lowest BCUT2D eigenvalue weighted by Crippen LogP contribution is -2.44. The first-order valence-electron chi connectivity index (χ1n) is 17.3. The van der Waals surface area contributed by atoms with E-state index in [-0.39, 0.29) is 37.3 Å². The molecule has 0 aromatic heterocycles. The van der Waals surface area contributed by atoms with Crippen molar-refractivity contribution >= 4 is 24.1 Å². The lowest BCUT2D eigenvalue weighted by molar-refractivity contribution is -0.138. The molecule has 4 rings (SSSR count). The Morgan fingerprint density at radius 2 is 0.902 bits per heavy atom. The first-order valence-corrected chi connectivity index (χ1v) is 17.3. The van der Waals surface area contributed by atoms with Gasteiger partial charge in [0.15, 0.2) is 0 Å². The second kappa shape index (κ2) is 22.9. The van der Waals surface area contributed by atoms with E-state index >= 15 is 0 Å². The molecule has 0 radical (unpaired) electrons. The number of carbonyl (C=O) groups is 4. The maximum absolute atomic E-state index is 12.7. The molecular formula is C41H49N3O7. The highest BCUT2D eigenvalue weighted by Gasteiger charge is 2.18. The van der Waals surface area contributed by atoms with E-state index in [2.05, 4.69) is 40.2 Å². The van der Waals surface area contributed by atoms with Crippen molar-refractivity contribution in [3.8, 4) is 0 Å². The number of hydrogen-bond donors (Lipinski definition) is 6. The van der Waals surface area contributed by atoms with Crippen molar-refractivity contribution < 1.29 is 34.5 Å². The molecular weight excluding hydrogens is 646 g/mol. The largest absolute Gasteiger partial charge is 0.481 e. The standard InChI is InChI=1S/C24H31N3O5.C17H18O2/c28-22(26-17-21(27-24(31)32)12-7-13-25-23(29)30)16-20(14-18-8-3-1-4-9-18)15-19-10-5-2-6-11-19;18-17(19)13-16(11-14-7-3-1-4-8-14)12-15-9-5-2-6-10-15/h1-6,8-11,20-21,25,27H,7,12-17H2,(H,26,28)(H,29,30)(H,31,32);1-10,16H,11-13H2,(H,18,19)/t21-;/m0./s1. The minimum absolute atomic E-state index is 0.102. The van der Waals surface area contributed by atoms with Gasteiger partial charge in [0.25, 0.3) is 0 Å². The number of carboxylic acid groups (broad SMARTS) is 3. The normalized spacial score (nSPS) is 11.2. The SMILES string of the molecule is O=C(O)CC(Cc1ccccc1)Cc1ccccc1.O=C(O)NCCC[C@@H](CNC(=O)CC(Cc1ccccc1)Cc1ccccc1)NC(=O)O. The van der Waals surface area contributed by atoms with Gasteiger partial charge in [0.05, 0.1) is 0 Å². The third kappa shape index (κ3) is 18.1. The molecule has 10 nitrogen and oxygen atoms in total. The molecule has 270 valence electrons. The number of carboxylic acids is 1. The Balaban J connectivity index is 0.000000313. The Morgan fingerprint density at radius 1 is 0.510 bits per heavy atom. The molecule has 51 heavy (non-hydrogen) atoms. The highest BCUT2D eigenvalue weighted by molar-refractivity contribution is 5.76. The molecule has 1 atom stereocenters. The van der Waals surface area contributed by atoms with Gasteiger partial charge < -0.3 is 31.3 Å². The number of rotatable bonds is 19. The van der Waals surface area contributed by atoms with E-state index in [1.54, 1.807) is 0 Å². The van der Waals surface area contributed by atoms with E-state index in [4.69, 9.17) is 15.3 Å². The van der Waals surface area contributed by atoms with Gasteiger partial charge in [-0.05, 0) is 72.6 Å². The monoisotopic (exact) mass is 695 g/mol. The number of hydrogen-bond acceptors (Lipinski definition) is 4. The summed E-state index contributed by atoms with van der Waals surface area (Å²) in [4.78, 5) is 45.2. The molecule has 4 aromatic rings. The van der Waals surface area contributed by atoms with Gasteiger partial charge in [0, 0.05) is 32.0 Å². The number of amides is 3. The molecule has 4 aromatic carbocycles. The molecule has 3 amide bonds. The number of aliphatic carboxylic acids is 1. The molecule has 0 aliphatic carbocycles. The van der Waals surface area contributed by atoms with E-state index in [0.717, 1.165) is 36.8 Å². The summed E-state index contributed by atoms with van der Waals surface area (Å²) in [7, 11) is 0. The first kappa shape index (κ1) is 39.8. The predicted octanol–water partition coefficient (Wildman–Crippen LogP) is 6.84. The minimum Gasteiger partial charge on any atom is -0.481 e. The zero-order valence-electron chi connectivity index (χ0n) is 28.8. The van der Waals surface area contributed by atoms with E-state index in [9.17, 15) is 19.2 Å². The van der Waals surface area contributed by atoms with Crippen LogP contribution < -0.4 is 16.0 Å². The Kier molecular flexibility index (Phi) is 17.9. The summed E-state index contributed by atoms with van der Waals surface area (Å²) >= 11 is 0. The summed E-state index contributed by atoms with van der Waals surface area (Å²) in [6, 6.07) is 39.7. The van der Waals surface area contributed by atoms with Crippen molar-refractivity contribution in [2.45, 2.75) is 57.4 Å². The van der Waals surface area contributed by atoms with Gasteiger partial charge in [-0.25, -0.2) is 9.59 Å². The van der Waals surface area contributed by atoms with Gasteiger partial charge in [-0.1, -0.05) is 121 Å². The summed E-state index contributed by atoms with van der Waals surface area (Å²) in [6.45, 7) is 0.374. The van der Waals surface area contributed by atoms with Crippen LogP contribution in [-0.4, -0.2) is 58.5 Å². The molecule has 10 heteroatoms. The number of benzene rings is 4. The van der Waals surface area contributed by atoms with Crippen LogP contribution in [0.1, 0.15) is 47.9 Å². The molecule has 0 saturated carbocycles. The van der Waals surface area contributed by atoms with Crippen LogP contribution in [0, 0.1) is 11.8 Å². The van der Waals surface area contributed by atoms with Crippen molar-refractivity contribution in [2.24, 2.45) is 11.8 Å². The van der Waals surface area contributed by atoms with Crippen LogP contribution in [0.3, 0.4) is 0 Å². The summed E-state index contributed by atoms with van der Waals surface area (Å²) in [5.41, 5.74) is 4.73. The topological polar surface area (TPSA) is 165 Å². The number of nitrogens with one attached hydrogen (secondary N) is 3. The molecule has 6 N–H and O–H groups in total. The fourth-order valence-corrected chi connectivity index (χ4v) is 5.98. The van der Waals surface area contributed by atoms with Gasteiger partial charge in [-0.2, -0.15) is 0 Å². The van der Waals surface area contributed by atoms with Crippen molar-refractivity contribution in [2.75, 3.05) is 13.1 Å². The first-order chi connectivity index (χ1) is 24.7. The van der Waals surface area contributed by atoms with Crippen LogP contribution in [0.4, 0.5) is 9.59 Å². The molecule has 0 aliphatic heterocycles. The van der Waals surface area contributed by atoms with Gasteiger partial charge in [-0.3, -0.25) is 9.59 Å². The van der Waals surface area contributed by atoms with Crippen molar-refractivity contribution in [1.82, 2.24) is 16.0 Å². The van der Waals surface area contributed by atoms with Crippen molar-refractivity contribution in [3.63, 3.8) is 0 Å². The molecule has 0 bridgehead atoms. The zero-order chi connectivity index (χ0) is 36.7.